The van der Waals surface area contributed by atoms with Crippen LogP contribution in [0.3, 0.4) is 0 Å². The lowest BCUT2D eigenvalue weighted by atomic mass is 9.97. The topological polar surface area (TPSA) is 90.5 Å². The number of nitrogens with one attached hydrogen (secondary N) is 1. The Morgan fingerprint density at radius 3 is 2.80 bits per heavy atom. The van der Waals surface area contributed by atoms with Crippen molar-refractivity contribution >= 4 is 11.4 Å². The molecule has 8 heteroatoms. The summed E-state index contributed by atoms with van der Waals surface area (Å²) in [6.07, 6.45) is 9.31. The lowest BCUT2D eigenvalue weighted by Gasteiger charge is -2.13. The Balaban J connectivity index is 1.44. The molecule has 0 atom stereocenters. The van der Waals surface area contributed by atoms with E-state index in [-0.39, 0.29) is 18.0 Å². The molecule has 2 aromatic heterocycles. The summed E-state index contributed by atoms with van der Waals surface area (Å²) < 4.78 is 7.78. The fourth-order valence-electron chi connectivity index (χ4n) is 3.64. The molecular formula is C22H25N5O3. The van der Waals surface area contributed by atoms with Crippen LogP contribution < -0.4 is 15.6 Å². The summed E-state index contributed by atoms with van der Waals surface area (Å²) in [5.74, 6) is 0.526. The van der Waals surface area contributed by atoms with Gasteiger partial charge in [0.25, 0.3) is 5.56 Å². The summed E-state index contributed by atoms with van der Waals surface area (Å²) in [4.78, 5) is 25.0. The van der Waals surface area contributed by atoms with E-state index in [2.05, 4.69) is 21.6 Å². The standard InChI is InChI=1S/C22H25N5O3/c1-30-18-9-7-17(8-10-18)19-13-20-22(29)26(24-15-27(20)25-19)14-21(28)23-12-11-16-5-3-2-4-6-16/h5,7-10,13,15H,2-4,6,11-12,14H2,1H3,(H,23,28). The van der Waals surface area contributed by atoms with Crippen LogP contribution in [0.25, 0.3) is 16.8 Å². The quantitative estimate of drug-likeness (QED) is 0.608. The van der Waals surface area contributed by atoms with Crippen LogP contribution in [0.15, 0.2) is 53.1 Å². The molecule has 1 aliphatic rings. The molecule has 8 nitrogen and oxygen atoms in total. The maximum atomic E-state index is 12.8. The summed E-state index contributed by atoms with van der Waals surface area (Å²) in [6.45, 7) is 0.466. The third-order valence-electron chi connectivity index (χ3n) is 5.32. The van der Waals surface area contributed by atoms with E-state index in [4.69, 9.17) is 4.74 Å². The van der Waals surface area contributed by atoms with Crippen molar-refractivity contribution in [3.8, 4) is 17.0 Å². The molecule has 0 unspecified atom stereocenters. The number of rotatable bonds is 7. The van der Waals surface area contributed by atoms with Crippen LogP contribution in [-0.4, -0.2) is 39.0 Å². The first-order valence-corrected chi connectivity index (χ1v) is 10.2. The van der Waals surface area contributed by atoms with Crippen molar-refractivity contribution in [2.75, 3.05) is 13.7 Å². The molecule has 0 saturated heterocycles. The molecule has 1 amide bonds. The molecule has 1 N–H and O–H groups in total. The zero-order valence-corrected chi connectivity index (χ0v) is 17.0. The Hall–Kier alpha value is -3.42. The highest BCUT2D eigenvalue weighted by Crippen LogP contribution is 2.21. The molecule has 156 valence electrons. The molecule has 1 aliphatic carbocycles. The number of aromatic nitrogens is 4. The Bertz CT molecular complexity index is 1130. The largest absolute Gasteiger partial charge is 0.497 e. The molecule has 0 spiro atoms. The molecule has 2 heterocycles. The van der Waals surface area contributed by atoms with Gasteiger partial charge in [0, 0.05) is 12.1 Å². The van der Waals surface area contributed by atoms with Crippen molar-refractivity contribution in [1.82, 2.24) is 24.7 Å². The van der Waals surface area contributed by atoms with E-state index < -0.39 is 0 Å². The minimum absolute atomic E-state index is 0.114. The van der Waals surface area contributed by atoms with Crippen LogP contribution >= 0.6 is 0 Å². The molecule has 0 fully saturated rings. The number of hydrogen-bond donors (Lipinski definition) is 1. The van der Waals surface area contributed by atoms with Gasteiger partial charge in [-0.05, 0) is 62.4 Å². The molecule has 4 rings (SSSR count). The molecule has 1 aromatic carbocycles. The van der Waals surface area contributed by atoms with Crippen molar-refractivity contribution in [3.63, 3.8) is 0 Å². The maximum Gasteiger partial charge on any atom is 0.293 e. The van der Waals surface area contributed by atoms with Gasteiger partial charge in [0.1, 0.15) is 24.1 Å². The fourth-order valence-corrected chi connectivity index (χ4v) is 3.64. The molecule has 0 bridgehead atoms. The summed E-state index contributed by atoms with van der Waals surface area (Å²) >= 11 is 0. The Kier molecular flexibility index (Phi) is 5.92. The number of methoxy groups -OCH3 is 1. The second-order valence-electron chi connectivity index (χ2n) is 7.39. The second kappa shape index (κ2) is 8.94. The zero-order valence-electron chi connectivity index (χ0n) is 17.0. The van der Waals surface area contributed by atoms with E-state index in [9.17, 15) is 9.59 Å². The Labute approximate surface area is 174 Å². The highest BCUT2D eigenvalue weighted by atomic mass is 16.5. The second-order valence-corrected chi connectivity index (χ2v) is 7.39. The maximum absolute atomic E-state index is 12.8. The number of benzene rings is 1. The number of carbonyl (C=O) groups excluding carboxylic acids is 1. The lowest BCUT2D eigenvalue weighted by molar-refractivity contribution is -0.121. The predicted octanol–water partition coefficient (Wildman–Crippen LogP) is 2.57. The van der Waals surface area contributed by atoms with Crippen LogP contribution in [0.1, 0.15) is 32.1 Å². The lowest BCUT2D eigenvalue weighted by Crippen LogP contribution is -2.34. The van der Waals surface area contributed by atoms with E-state index in [1.807, 2.05) is 24.3 Å². The molecular weight excluding hydrogens is 382 g/mol. The first-order chi connectivity index (χ1) is 14.6. The van der Waals surface area contributed by atoms with Gasteiger partial charge in [-0.15, -0.1) is 0 Å². The molecule has 0 aliphatic heterocycles. The highest BCUT2D eigenvalue weighted by molar-refractivity contribution is 5.75. The fraction of sp³-hybridized carbons (Fsp3) is 0.364. The number of allylic oxidation sites excluding steroid dienone is 1. The number of hydrogen-bond acceptors (Lipinski definition) is 5. The van der Waals surface area contributed by atoms with Gasteiger partial charge in [0.05, 0.1) is 12.8 Å². The average molecular weight is 407 g/mol. The van der Waals surface area contributed by atoms with Crippen molar-refractivity contribution < 1.29 is 9.53 Å². The minimum Gasteiger partial charge on any atom is -0.497 e. The van der Waals surface area contributed by atoms with Gasteiger partial charge in [-0.25, -0.2) is 9.20 Å². The van der Waals surface area contributed by atoms with Gasteiger partial charge in [-0.2, -0.15) is 10.2 Å². The molecule has 0 radical (unpaired) electrons. The number of carbonyl (C=O) groups is 1. The highest BCUT2D eigenvalue weighted by Gasteiger charge is 2.12. The number of ether oxygens (including phenoxy) is 1. The van der Waals surface area contributed by atoms with E-state index in [0.29, 0.717) is 17.8 Å². The predicted molar refractivity (Wildman–Crippen MR) is 113 cm³/mol. The minimum atomic E-state index is -0.352. The van der Waals surface area contributed by atoms with Gasteiger partial charge in [-0.1, -0.05) is 11.6 Å². The third kappa shape index (κ3) is 4.42. The molecule has 3 aromatic rings. The van der Waals surface area contributed by atoms with Crippen LogP contribution in [0.2, 0.25) is 0 Å². The Morgan fingerprint density at radius 2 is 2.07 bits per heavy atom. The Morgan fingerprint density at radius 1 is 1.23 bits per heavy atom. The van der Waals surface area contributed by atoms with Gasteiger partial charge < -0.3 is 10.1 Å². The van der Waals surface area contributed by atoms with Gasteiger partial charge in [-0.3, -0.25) is 9.59 Å². The van der Waals surface area contributed by atoms with Crippen molar-refractivity contribution in [2.24, 2.45) is 0 Å². The first-order valence-electron chi connectivity index (χ1n) is 10.2. The molecule has 0 saturated carbocycles. The number of amides is 1. The normalized spacial score (nSPS) is 13.8. The van der Waals surface area contributed by atoms with Crippen LogP contribution in [0.5, 0.6) is 5.75 Å². The zero-order chi connectivity index (χ0) is 20.9. The number of nitrogens with zero attached hydrogens (tertiary/aromatic N) is 4. The molecule has 30 heavy (non-hydrogen) atoms. The van der Waals surface area contributed by atoms with Gasteiger partial charge in [0.2, 0.25) is 5.91 Å². The van der Waals surface area contributed by atoms with Crippen LogP contribution in [-0.2, 0) is 11.3 Å². The van der Waals surface area contributed by atoms with Crippen molar-refractivity contribution in [1.29, 1.82) is 0 Å². The summed E-state index contributed by atoms with van der Waals surface area (Å²) in [7, 11) is 1.61. The third-order valence-corrected chi connectivity index (χ3v) is 5.32. The van der Waals surface area contributed by atoms with Gasteiger partial charge >= 0.3 is 0 Å². The van der Waals surface area contributed by atoms with Crippen LogP contribution in [0.4, 0.5) is 0 Å². The first kappa shape index (κ1) is 19.9. The summed E-state index contributed by atoms with van der Waals surface area (Å²) in [5, 5.41) is 11.4. The smallest absolute Gasteiger partial charge is 0.293 e. The summed E-state index contributed by atoms with van der Waals surface area (Å²) in [6, 6.07) is 9.13. The van der Waals surface area contributed by atoms with E-state index in [1.165, 1.54) is 33.9 Å². The van der Waals surface area contributed by atoms with E-state index >= 15 is 0 Å². The van der Waals surface area contributed by atoms with Crippen molar-refractivity contribution in [3.05, 3.63) is 58.7 Å². The summed E-state index contributed by atoms with van der Waals surface area (Å²) in [5.41, 5.74) is 2.94. The van der Waals surface area contributed by atoms with E-state index in [0.717, 1.165) is 30.6 Å². The van der Waals surface area contributed by atoms with Crippen molar-refractivity contribution in [2.45, 2.75) is 38.6 Å². The van der Waals surface area contributed by atoms with Crippen LogP contribution in [0, 0.1) is 0 Å². The van der Waals surface area contributed by atoms with Gasteiger partial charge in [0.15, 0.2) is 0 Å². The SMILES string of the molecule is COc1ccc(-c2cc3c(=O)n(CC(=O)NCCC4=CCCCC4)ncn3n2)cc1. The van der Waals surface area contributed by atoms with E-state index in [1.54, 1.807) is 13.2 Å². The average Bonchev–Trinajstić information content (AvgIpc) is 3.22. The monoisotopic (exact) mass is 407 g/mol. The number of fused-ring (bicyclic) bond motifs is 1.